The van der Waals surface area contributed by atoms with E-state index in [-0.39, 0.29) is 0 Å². The van der Waals surface area contributed by atoms with Gasteiger partial charge in [-0.3, -0.25) is 9.59 Å². The summed E-state index contributed by atoms with van der Waals surface area (Å²) in [5.41, 5.74) is 1.88. The number of methoxy groups -OCH3 is 1. The van der Waals surface area contributed by atoms with Crippen molar-refractivity contribution in [1.29, 1.82) is 0 Å². The van der Waals surface area contributed by atoms with Gasteiger partial charge >= 0.3 is 6.03 Å². The van der Waals surface area contributed by atoms with E-state index in [2.05, 4.69) is 10.6 Å². The zero-order valence-electron chi connectivity index (χ0n) is 17.2. The second-order valence-corrected chi connectivity index (χ2v) is 7.45. The van der Waals surface area contributed by atoms with E-state index in [9.17, 15) is 14.4 Å². The summed E-state index contributed by atoms with van der Waals surface area (Å²) in [4.78, 5) is 39.4. The van der Waals surface area contributed by atoms with Gasteiger partial charge in [0, 0.05) is 5.69 Å². The third-order valence-electron chi connectivity index (χ3n) is 5.28. The van der Waals surface area contributed by atoms with Gasteiger partial charge in [-0.05, 0) is 63.1 Å². The molecule has 1 heterocycles. The Labute approximate surface area is 170 Å². The quantitative estimate of drug-likeness (QED) is 0.762. The summed E-state index contributed by atoms with van der Waals surface area (Å²) in [6.07, 6.45) is 0. The van der Waals surface area contributed by atoms with Gasteiger partial charge in [0.05, 0.1) is 7.11 Å². The molecule has 2 atom stereocenters. The second kappa shape index (κ2) is 7.58. The largest absolute Gasteiger partial charge is 0.496 e. The SMILES string of the molecule is COc1ccc(C2(C)NC(=O)N(C(C)C(=O)Nc3ccc(C)cc3)C2=O)cc1C. The third kappa shape index (κ3) is 3.68. The lowest BCUT2D eigenvalue weighted by Gasteiger charge is -2.25. The molecule has 0 spiro atoms. The molecule has 0 bridgehead atoms. The highest BCUT2D eigenvalue weighted by Gasteiger charge is 2.51. The molecule has 2 N–H and O–H groups in total. The topological polar surface area (TPSA) is 87.7 Å². The summed E-state index contributed by atoms with van der Waals surface area (Å²) in [6.45, 7) is 6.98. The normalized spacial score (nSPS) is 19.7. The van der Waals surface area contributed by atoms with Crippen LogP contribution < -0.4 is 15.4 Å². The summed E-state index contributed by atoms with van der Waals surface area (Å²) in [5.74, 6) is -0.219. The minimum atomic E-state index is -1.26. The van der Waals surface area contributed by atoms with Crippen molar-refractivity contribution < 1.29 is 19.1 Å². The maximum absolute atomic E-state index is 13.2. The zero-order chi connectivity index (χ0) is 21.3. The number of nitrogens with one attached hydrogen (secondary N) is 2. The number of aryl methyl sites for hydroxylation is 2. The number of hydrogen-bond donors (Lipinski definition) is 2. The van der Waals surface area contributed by atoms with Gasteiger partial charge in [0.15, 0.2) is 0 Å². The number of carbonyl (C=O) groups is 3. The first-order valence-electron chi connectivity index (χ1n) is 9.36. The number of carbonyl (C=O) groups excluding carboxylic acids is 3. The highest BCUT2D eigenvalue weighted by Crippen LogP contribution is 2.32. The molecule has 7 heteroatoms. The Kier molecular flexibility index (Phi) is 5.33. The minimum absolute atomic E-state index is 0.437. The number of imide groups is 1. The summed E-state index contributed by atoms with van der Waals surface area (Å²) >= 11 is 0. The molecule has 3 rings (SSSR count). The van der Waals surface area contributed by atoms with E-state index in [0.29, 0.717) is 17.0 Å². The fourth-order valence-corrected chi connectivity index (χ4v) is 3.40. The Morgan fingerprint density at radius 2 is 1.79 bits per heavy atom. The lowest BCUT2D eigenvalue weighted by atomic mass is 9.90. The Bertz CT molecular complexity index is 971. The van der Waals surface area contributed by atoms with E-state index in [4.69, 9.17) is 4.74 Å². The van der Waals surface area contributed by atoms with E-state index in [0.717, 1.165) is 16.0 Å². The van der Waals surface area contributed by atoms with Crippen molar-refractivity contribution in [2.75, 3.05) is 12.4 Å². The number of nitrogens with zero attached hydrogens (tertiary/aromatic N) is 1. The van der Waals surface area contributed by atoms with Crippen molar-refractivity contribution in [3.05, 3.63) is 59.2 Å². The van der Waals surface area contributed by atoms with Crippen molar-refractivity contribution in [2.45, 2.75) is 39.3 Å². The van der Waals surface area contributed by atoms with Crippen LogP contribution in [0.5, 0.6) is 5.75 Å². The lowest BCUT2D eigenvalue weighted by Crippen LogP contribution is -2.47. The Balaban J connectivity index is 1.82. The van der Waals surface area contributed by atoms with Crippen LogP contribution in [0.2, 0.25) is 0 Å². The van der Waals surface area contributed by atoms with Crippen LogP contribution in [0.15, 0.2) is 42.5 Å². The number of ether oxygens (including phenoxy) is 1. The molecule has 0 radical (unpaired) electrons. The first-order valence-corrected chi connectivity index (χ1v) is 9.36. The van der Waals surface area contributed by atoms with Crippen molar-refractivity contribution in [3.8, 4) is 5.75 Å². The predicted octanol–water partition coefficient (Wildman–Crippen LogP) is 3.11. The van der Waals surface area contributed by atoms with Crippen molar-refractivity contribution in [1.82, 2.24) is 10.2 Å². The molecule has 2 unspecified atom stereocenters. The summed E-state index contributed by atoms with van der Waals surface area (Å²) < 4.78 is 5.26. The number of hydrogen-bond acceptors (Lipinski definition) is 4. The molecule has 1 saturated heterocycles. The van der Waals surface area contributed by atoms with E-state index in [1.165, 1.54) is 6.92 Å². The van der Waals surface area contributed by atoms with Gasteiger partial charge in [-0.1, -0.05) is 23.8 Å². The molecule has 1 aliphatic heterocycles. The molecular weight excluding hydrogens is 370 g/mol. The number of anilines is 1. The predicted molar refractivity (Wildman–Crippen MR) is 110 cm³/mol. The van der Waals surface area contributed by atoms with Crippen LogP contribution in [0.25, 0.3) is 0 Å². The number of urea groups is 1. The maximum atomic E-state index is 13.2. The Morgan fingerprint density at radius 1 is 1.14 bits per heavy atom. The molecule has 1 fully saturated rings. The van der Waals surface area contributed by atoms with Gasteiger partial charge < -0.3 is 15.4 Å². The van der Waals surface area contributed by atoms with E-state index >= 15 is 0 Å². The molecule has 0 aliphatic carbocycles. The highest BCUT2D eigenvalue weighted by atomic mass is 16.5. The number of amides is 4. The highest BCUT2D eigenvalue weighted by molar-refractivity contribution is 6.11. The molecule has 2 aromatic rings. The molecule has 152 valence electrons. The van der Waals surface area contributed by atoms with Crippen molar-refractivity contribution >= 4 is 23.5 Å². The van der Waals surface area contributed by atoms with Crippen LogP contribution >= 0.6 is 0 Å². The van der Waals surface area contributed by atoms with Crippen LogP contribution in [0.4, 0.5) is 10.5 Å². The fourth-order valence-electron chi connectivity index (χ4n) is 3.40. The summed E-state index contributed by atoms with van der Waals surface area (Å²) in [6, 6.07) is 11.0. The van der Waals surface area contributed by atoms with Gasteiger partial charge in [-0.25, -0.2) is 9.69 Å². The van der Waals surface area contributed by atoms with Gasteiger partial charge in [0.2, 0.25) is 5.91 Å². The number of rotatable bonds is 5. The monoisotopic (exact) mass is 395 g/mol. The standard InChI is InChI=1S/C22H25N3O4/c1-13-6-9-17(10-7-13)23-19(26)15(3)25-20(27)22(4,24-21(25)28)16-8-11-18(29-5)14(2)12-16/h6-12,15H,1-5H3,(H,23,26)(H,24,28). The summed E-state index contributed by atoms with van der Waals surface area (Å²) in [7, 11) is 1.57. The van der Waals surface area contributed by atoms with Crippen LogP contribution in [-0.2, 0) is 15.1 Å². The lowest BCUT2D eigenvalue weighted by molar-refractivity contribution is -0.136. The average Bonchev–Trinajstić information content (AvgIpc) is 2.92. The Hall–Kier alpha value is -3.35. The fraction of sp³-hybridized carbons (Fsp3) is 0.318. The van der Waals surface area contributed by atoms with Crippen LogP contribution in [0.1, 0.15) is 30.5 Å². The van der Waals surface area contributed by atoms with Crippen molar-refractivity contribution in [2.24, 2.45) is 0 Å². The number of benzene rings is 2. The van der Waals surface area contributed by atoms with Crippen molar-refractivity contribution in [3.63, 3.8) is 0 Å². The average molecular weight is 395 g/mol. The molecule has 0 saturated carbocycles. The van der Waals surface area contributed by atoms with Gasteiger partial charge in [0.1, 0.15) is 17.3 Å². The zero-order valence-corrected chi connectivity index (χ0v) is 17.2. The van der Waals surface area contributed by atoms with E-state index < -0.39 is 29.4 Å². The van der Waals surface area contributed by atoms with Gasteiger partial charge in [-0.2, -0.15) is 0 Å². The first kappa shape index (κ1) is 20.4. The van der Waals surface area contributed by atoms with E-state index in [1.54, 1.807) is 44.4 Å². The third-order valence-corrected chi connectivity index (χ3v) is 5.28. The molecule has 29 heavy (non-hydrogen) atoms. The summed E-state index contributed by atoms with van der Waals surface area (Å²) in [5, 5.41) is 5.48. The smallest absolute Gasteiger partial charge is 0.326 e. The first-order chi connectivity index (χ1) is 13.7. The minimum Gasteiger partial charge on any atom is -0.496 e. The molecule has 7 nitrogen and oxygen atoms in total. The Morgan fingerprint density at radius 3 is 2.38 bits per heavy atom. The van der Waals surface area contributed by atoms with Crippen LogP contribution in [0, 0.1) is 13.8 Å². The van der Waals surface area contributed by atoms with E-state index in [1.807, 2.05) is 26.0 Å². The van der Waals surface area contributed by atoms with Crippen LogP contribution in [0.3, 0.4) is 0 Å². The van der Waals surface area contributed by atoms with Crippen LogP contribution in [-0.4, -0.2) is 35.9 Å². The molecule has 1 aliphatic rings. The van der Waals surface area contributed by atoms with Gasteiger partial charge in [-0.15, -0.1) is 0 Å². The molecule has 2 aromatic carbocycles. The maximum Gasteiger partial charge on any atom is 0.326 e. The second-order valence-electron chi connectivity index (χ2n) is 7.45. The molecule has 0 aromatic heterocycles. The molecular formula is C22H25N3O4. The molecule has 4 amide bonds. The van der Waals surface area contributed by atoms with Gasteiger partial charge in [0.25, 0.3) is 5.91 Å².